The summed E-state index contributed by atoms with van der Waals surface area (Å²) >= 11 is 0. The molecule has 1 saturated carbocycles. The summed E-state index contributed by atoms with van der Waals surface area (Å²) in [7, 11) is 0. The molecule has 3 rings (SSSR count). The maximum Gasteiger partial charge on any atom is 0.235 e. The molecule has 4 nitrogen and oxygen atoms in total. The van der Waals surface area contributed by atoms with Gasteiger partial charge in [-0.2, -0.15) is 4.99 Å². The van der Waals surface area contributed by atoms with Gasteiger partial charge in [-0.25, -0.2) is 9.18 Å². The normalized spacial score (nSPS) is 19.1. The van der Waals surface area contributed by atoms with Crippen LogP contribution in [0.1, 0.15) is 18.4 Å². The number of aliphatic imine (C=N–C) groups is 1. The fraction of sp³-hybridized carbons (Fsp3) is 0.364. The van der Waals surface area contributed by atoms with Gasteiger partial charge in [0.1, 0.15) is 11.4 Å². The topological polar surface area (TPSA) is 47.9 Å². The van der Waals surface area contributed by atoms with E-state index in [2.05, 4.69) is 4.99 Å². The number of isocyanates is 1. The zero-order valence-electron chi connectivity index (χ0n) is 8.33. The summed E-state index contributed by atoms with van der Waals surface area (Å²) in [6, 6.07) is 2.84. The first-order valence-corrected chi connectivity index (χ1v) is 4.94. The molecule has 0 radical (unpaired) electrons. The van der Waals surface area contributed by atoms with Gasteiger partial charge in [0.25, 0.3) is 0 Å². The third-order valence-corrected chi connectivity index (χ3v) is 2.95. The summed E-state index contributed by atoms with van der Waals surface area (Å²) < 4.78 is 24.0. The lowest BCUT2D eigenvalue weighted by Gasteiger charge is -2.10. The number of hydrogen-bond acceptors (Lipinski definition) is 4. The van der Waals surface area contributed by atoms with Crippen LogP contribution >= 0.6 is 0 Å². The van der Waals surface area contributed by atoms with Crippen molar-refractivity contribution < 1.29 is 18.7 Å². The van der Waals surface area contributed by atoms with Crippen LogP contribution in [0, 0.1) is 5.82 Å². The van der Waals surface area contributed by atoms with Crippen LogP contribution in [-0.2, 0) is 10.3 Å². The lowest BCUT2D eigenvalue weighted by Crippen LogP contribution is -2.05. The Bertz CT molecular complexity index is 504. The fourth-order valence-corrected chi connectivity index (χ4v) is 1.92. The van der Waals surface area contributed by atoms with Crippen molar-refractivity contribution in [3.05, 3.63) is 23.5 Å². The minimum atomic E-state index is -0.715. The van der Waals surface area contributed by atoms with E-state index in [-0.39, 0.29) is 6.79 Å². The fourth-order valence-electron chi connectivity index (χ4n) is 1.92. The number of benzene rings is 1. The van der Waals surface area contributed by atoms with Gasteiger partial charge in [0.2, 0.25) is 12.9 Å². The number of nitrogens with zero attached hydrogens (tertiary/aromatic N) is 1. The molecule has 1 aromatic rings. The largest absolute Gasteiger partial charge is 0.454 e. The Balaban J connectivity index is 2.11. The summed E-state index contributed by atoms with van der Waals surface area (Å²) in [6.45, 7) is 0.0994. The summed E-state index contributed by atoms with van der Waals surface area (Å²) in [4.78, 5) is 14.0. The maximum atomic E-state index is 13.8. The third-order valence-electron chi connectivity index (χ3n) is 2.95. The molecule has 0 saturated heterocycles. The van der Waals surface area contributed by atoms with Crippen molar-refractivity contribution in [3.63, 3.8) is 0 Å². The van der Waals surface area contributed by atoms with Gasteiger partial charge in [-0.15, -0.1) is 0 Å². The number of halogens is 1. The van der Waals surface area contributed by atoms with Crippen LogP contribution in [0.5, 0.6) is 11.5 Å². The molecule has 1 heterocycles. The van der Waals surface area contributed by atoms with Crippen LogP contribution in [0.3, 0.4) is 0 Å². The highest BCUT2D eigenvalue weighted by Crippen LogP contribution is 2.52. The van der Waals surface area contributed by atoms with Crippen LogP contribution in [0.15, 0.2) is 17.1 Å². The van der Waals surface area contributed by atoms with E-state index in [0.717, 1.165) is 0 Å². The molecule has 5 heteroatoms. The van der Waals surface area contributed by atoms with E-state index in [1.54, 1.807) is 6.07 Å². The van der Waals surface area contributed by atoms with E-state index < -0.39 is 11.4 Å². The standard InChI is InChI=1S/C11H8FNO3/c12-8-4-10-9(15-6-16-10)3-7(8)11(1-2-11)13-5-14/h3-4H,1-2,6H2. The Morgan fingerprint density at radius 3 is 2.62 bits per heavy atom. The van der Waals surface area contributed by atoms with Gasteiger partial charge in [0, 0.05) is 11.6 Å². The predicted molar refractivity (Wildman–Crippen MR) is 51.6 cm³/mol. The highest BCUT2D eigenvalue weighted by Gasteiger charge is 2.47. The molecule has 16 heavy (non-hydrogen) atoms. The van der Waals surface area contributed by atoms with Gasteiger partial charge in [0.15, 0.2) is 11.5 Å². The van der Waals surface area contributed by atoms with Gasteiger partial charge < -0.3 is 9.47 Å². The molecule has 1 fully saturated rings. The summed E-state index contributed by atoms with van der Waals surface area (Å²) in [6.07, 6.45) is 2.83. The van der Waals surface area contributed by atoms with Crippen molar-refractivity contribution >= 4 is 6.08 Å². The first kappa shape index (κ1) is 9.36. The van der Waals surface area contributed by atoms with E-state index in [9.17, 15) is 9.18 Å². The number of hydrogen-bond donors (Lipinski definition) is 0. The molecular formula is C11H8FNO3. The molecule has 2 aliphatic rings. The molecule has 1 aromatic carbocycles. The average Bonchev–Trinajstić information content (AvgIpc) is 2.89. The van der Waals surface area contributed by atoms with Crippen LogP contribution in [0.4, 0.5) is 4.39 Å². The lowest BCUT2D eigenvalue weighted by atomic mass is 10.0. The molecule has 0 N–H and O–H groups in total. The molecule has 0 spiro atoms. The number of rotatable bonds is 2. The van der Waals surface area contributed by atoms with Gasteiger partial charge in [-0.3, -0.25) is 0 Å². The van der Waals surface area contributed by atoms with Gasteiger partial charge >= 0.3 is 0 Å². The van der Waals surface area contributed by atoms with Crippen molar-refractivity contribution in [1.82, 2.24) is 0 Å². The van der Waals surface area contributed by atoms with Gasteiger partial charge in [-0.05, 0) is 18.9 Å². The first-order chi connectivity index (χ1) is 7.75. The minimum absolute atomic E-state index is 0.0994. The number of carbonyl (C=O) groups excluding carboxylic acids is 1. The molecule has 0 amide bonds. The monoisotopic (exact) mass is 221 g/mol. The van der Waals surface area contributed by atoms with Crippen molar-refractivity contribution in [2.45, 2.75) is 18.4 Å². The quantitative estimate of drug-likeness (QED) is 0.565. The van der Waals surface area contributed by atoms with E-state index in [4.69, 9.17) is 9.47 Å². The molecule has 0 bridgehead atoms. The second kappa shape index (κ2) is 3.06. The van der Waals surface area contributed by atoms with E-state index in [1.807, 2.05) is 0 Å². The van der Waals surface area contributed by atoms with Crippen LogP contribution in [-0.4, -0.2) is 12.9 Å². The molecule has 82 valence electrons. The Morgan fingerprint density at radius 1 is 1.31 bits per heavy atom. The van der Waals surface area contributed by atoms with Crippen molar-refractivity contribution in [3.8, 4) is 11.5 Å². The van der Waals surface area contributed by atoms with Crippen molar-refractivity contribution in [2.75, 3.05) is 6.79 Å². The van der Waals surface area contributed by atoms with Crippen LogP contribution in [0.25, 0.3) is 0 Å². The summed E-state index contributed by atoms with van der Waals surface area (Å²) in [5.74, 6) is 0.483. The van der Waals surface area contributed by atoms with Gasteiger partial charge in [-0.1, -0.05) is 0 Å². The molecule has 0 unspecified atom stereocenters. The summed E-state index contributed by atoms with van der Waals surface area (Å²) in [5, 5.41) is 0. The van der Waals surface area contributed by atoms with E-state index >= 15 is 0 Å². The Kier molecular flexibility index (Phi) is 1.79. The molecule has 0 atom stereocenters. The van der Waals surface area contributed by atoms with Crippen molar-refractivity contribution in [2.24, 2.45) is 4.99 Å². The Labute approximate surface area is 90.7 Å². The maximum absolute atomic E-state index is 13.8. The predicted octanol–water partition coefficient (Wildman–Crippen LogP) is 1.88. The average molecular weight is 221 g/mol. The molecule has 0 aromatic heterocycles. The summed E-state index contributed by atoms with van der Waals surface area (Å²) in [5.41, 5.74) is -0.326. The third kappa shape index (κ3) is 1.22. The van der Waals surface area contributed by atoms with Crippen LogP contribution in [0.2, 0.25) is 0 Å². The smallest absolute Gasteiger partial charge is 0.235 e. The number of ether oxygens (including phenoxy) is 2. The minimum Gasteiger partial charge on any atom is -0.454 e. The second-order valence-corrected chi connectivity index (χ2v) is 3.92. The van der Waals surface area contributed by atoms with E-state index in [1.165, 1.54) is 12.1 Å². The molecular weight excluding hydrogens is 213 g/mol. The van der Waals surface area contributed by atoms with E-state index in [0.29, 0.717) is 29.9 Å². The van der Waals surface area contributed by atoms with Crippen LogP contribution < -0.4 is 9.47 Å². The zero-order valence-corrected chi connectivity index (χ0v) is 8.33. The highest BCUT2D eigenvalue weighted by atomic mass is 19.1. The molecule has 1 aliphatic heterocycles. The molecule has 1 aliphatic carbocycles. The number of fused-ring (bicyclic) bond motifs is 1. The zero-order chi connectivity index (χ0) is 11.2. The SMILES string of the molecule is O=C=NC1(c2cc3c(cc2F)OCO3)CC1. The Morgan fingerprint density at radius 2 is 2.00 bits per heavy atom. The van der Waals surface area contributed by atoms with Gasteiger partial charge in [0.05, 0.1) is 0 Å². The Hall–Kier alpha value is -1.87. The second-order valence-electron chi connectivity index (χ2n) is 3.92. The highest BCUT2D eigenvalue weighted by molar-refractivity contribution is 5.50. The first-order valence-electron chi connectivity index (χ1n) is 4.94. The van der Waals surface area contributed by atoms with Crippen molar-refractivity contribution in [1.29, 1.82) is 0 Å². The lowest BCUT2D eigenvalue weighted by molar-refractivity contribution is 0.174.